The molecule has 3 nitrogen and oxygen atoms in total. The predicted octanol–water partition coefficient (Wildman–Crippen LogP) is 1.73. The number of hydrogen-bond acceptors (Lipinski definition) is 3. The topological polar surface area (TPSA) is 27.6 Å². The Hall–Kier alpha value is -0.0400. The molecule has 1 N–H and O–H groups in total. The first-order valence-electron chi connectivity index (χ1n) is 3.12. The molecule has 0 aromatic heterocycles. The van der Waals surface area contributed by atoms with E-state index in [1.807, 2.05) is 10.1 Å². The highest BCUT2D eigenvalue weighted by atomic mass is 127. The smallest absolute Gasteiger partial charge is 0.163 e. The Balaban J connectivity index is 2.37. The van der Waals surface area contributed by atoms with E-state index in [9.17, 15) is 0 Å². The summed E-state index contributed by atoms with van der Waals surface area (Å²) in [7, 11) is 0. The lowest BCUT2D eigenvalue weighted by atomic mass is 10.4. The van der Waals surface area contributed by atoms with Crippen molar-refractivity contribution >= 4 is 44.6 Å². The molecule has 0 spiro atoms. The number of nitrogens with zero attached hydrogens (tertiary/aromatic N) is 2. The SMILES string of the molecule is BrN1CC=C2NC=C(I)N=C21. The molecule has 2 heterocycles. The van der Waals surface area contributed by atoms with Gasteiger partial charge in [0.15, 0.2) is 5.84 Å². The van der Waals surface area contributed by atoms with Crippen LogP contribution in [0, 0.1) is 0 Å². The molecular formula is C6H5BrIN3. The quantitative estimate of drug-likeness (QED) is 0.417. The minimum Gasteiger partial charge on any atom is -0.357 e. The molecule has 0 aromatic carbocycles. The van der Waals surface area contributed by atoms with E-state index < -0.39 is 0 Å². The van der Waals surface area contributed by atoms with Gasteiger partial charge in [-0.1, -0.05) is 0 Å². The zero-order valence-corrected chi connectivity index (χ0v) is 9.26. The van der Waals surface area contributed by atoms with Gasteiger partial charge in [0.25, 0.3) is 0 Å². The van der Waals surface area contributed by atoms with Crippen LogP contribution in [0.5, 0.6) is 0 Å². The van der Waals surface area contributed by atoms with Crippen LogP contribution in [0.3, 0.4) is 0 Å². The Bertz CT molecular complexity index is 282. The third-order valence-corrected chi connectivity index (χ3v) is 2.66. The van der Waals surface area contributed by atoms with E-state index in [0.29, 0.717) is 0 Å². The average molecular weight is 326 g/mol. The van der Waals surface area contributed by atoms with Gasteiger partial charge in [-0.05, 0) is 28.7 Å². The molecule has 2 rings (SSSR count). The molecule has 0 aliphatic carbocycles. The van der Waals surface area contributed by atoms with Gasteiger partial charge >= 0.3 is 0 Å². The van der Waals surface area contributed by atoms with Gasteiger partial charge in [0.1, 0.15) is 3.70 Å². The number of amidine groups is 1. The molecule has 0 atom stereocenters. The fraction of sp³-hybridized carbons (Fsp3) is 0.167. The summed E-state index contributed by atoms with van der Waals surface area (Å²) >= 11 is 5.57. The van der Waals surface area contributed by atoms with Crippen LogP contribution < -0.4 is 5.32 Å². The van der Waals surface area contributed by atoms with Gasteiger partial charge in [0, 0.05) is 6.20 Å². The zero-order chi connectivity index (χ0) is 7.84. The summed E-state index contributed by atoms with van der Waals surface area (Å²) in [6, 6.07) is 0. The molecule has 0 amide bonds. The highest BCUT2D eigenvalue weighted by Gasteiger charge is 2.21. The number of hydrogen-bond donors (Lipinski definition) is 1. The van der Waals surface area contributed by atoms with Crippen LogP contribution in [0.4, 0.5) is 0 Å². The van der Waals surface area contributed by atoms with Crippen molar-refractivity contribution in [3.05, 3.63) is 21.7 Å². The highest BCUT2D eigenvalue weighted by Crippen LogP contribution is 2.21. The van der Waals surface area contributed by atoms with Gasteiger partial charge in [-0.25, -0.2) is 4.99 Å². The Morgan fingerprint density at radius 3 is 3.36 bits per heavy atom. The van der Waals surface area contributed by atoms with E-state index in [-0.39, 0.29) is 0 Å². The third kappa shape index (κ3) is 1.31. The van der Waals surface area contributed by atoms with E-state index in [4.69, 9.17) is 0 Å². The molecule has 0 bridgehead atoms. The minimum atomic E-state index is 0.874. The van der Waals surface area contributed by atoms with Crippen LogP contribution in [0.15, 0.2) is 26.7 Å². The van der Waals surface area contributed by atoms with Crippen molar-refractivity contribution in [2.45, 2.75) is 0 Å². The van der Waals surface area contributed by atoms with Gasteiger partial charge in [0.05, 0.1) is 28.4 Å². The molecule has 58 valence electrons. The maximum Gasteiger partial charge on any atom is 0.163 e. The molecule has 0 saturated carbocycles. The summed E-state index contributed by atoms with van der Waals surface area (Å²) in [6.07, 6.45) is 3.98. The monoisotopic (exact) mass is 325 g/mol. The number of fused-ring (bicyclic) bond motifs is 1. The second-order valence-electron chi connectivity index (χ2n) is 2.21. The van der Waals surface area contributed by atoms with E-state index in [1.165, 1.54) is 0 Å². The molecule has 0 fully saturated rings. The van der Waals surface area contributed by atoms with Crippen LogP contribution in [0.25, 0.3) is 0 Å². The fourth-order valence-corrected chi connectivity index (χ4v) is 1.79. The lowest BCUT2D eigenvalue weighted by Crippen LogP contribution is -2.24. The number of halogens is 2. The first kappa shape index (κ1) is 7.60. The van der Waals surface area contributed by atoms with Gasteiger partial charge in [0.2, 0.25) is 0 Å². The first-order chi connectivity index (χ1) is 5.27. The Morgan fingerprint density at radius 2 is 2.55 bits per heavy atom. The van der Waals surface area contributed by atoms with Crippen molar-refractivity contribution in [1.29, 1.82) is 0 Å². The molecule has 0 saturated heterocycles. The second-order valence-corrected chi connectivity index (χ2v) is 4.17. The van der Waals surface area contributed by atoms with Crippen molar-refractivity contribution in [3.63, 3.8) is 0 Å². The second kappa shape index (κ2) is 2.78. The first-order valence-corrected chi connectivity index (χ1v) is 4.91. The summed E-state index contributed by atoms with van der Waals surface area (Å²) < 4.78 is 2.90. The number of aliphatic imine (C=N–C) groups is 1. The lowest BCUT2D eigenvalue weighted by Gasteiger charge is -2.14. The minimum absolute atomic E-state index is 0.874. The molecule has 5 heteroatoms. The van der Waals surface area contributed by atoms with E-state index in [1.54, 1.807) is 0 Å². The third-order valence-electron chi connectivity index (χ3n) is 1.49. The molecule has 0 aromatic rings. The molecular weight excluding hydrogens is 321 g/mol. The van der Waals surface area contributed by atoms with Crippen molar-refractivity contribution in [3.8, 4) is 0 Å². The van der Waals surface area contributed by atoms with Crippen molar-refractivity contribution in [1.82, 2.24) is 9.24 Å². The van der Waals surface area contributed by atoms with Crippen molar-refractivity contribution < 1.29 is 0 Å². The summed E-state index contributed by atoms with van der Waals surface area (Å²) in [5, 5.41) is 3.15. The Kier molecular flexibility index (Phi) is 1.92. The van der Waals surface area contributed by atoms with Gasteiger partial charge < -0.3 is 5.32 Å². The maximum atomic E-state index is 4.34. The highest BCUT2D eigenvalue weighted by molar-refractivity contribution is 14.1. The van der Waals surface area contributed by atoms with Gasteiger partial charge in [-0.3, -0.25) is 3.93 Å². The largest absolute Gasteiger partial charge is 0.357 e. The molecule has 2 aliphatic heterocycles. The lowest BCUT2D eigenvalue weighted by molar-refractivity contribution is 0.807. The van der Waals surface area contributed by atoms with Crippen LogP contribution in [-0.2, 0) is 0 Å². The molecule has 0 unspecified atom stereocenters. The number of rotatable bonds is 0. The standard InChI is InChI=1S/C6H5BrIN3/c7-11-2-1-4-6(11)10-5(8)3-9-4/h1,3,9H,2H2. The summed E-state index contributed by atoms with van der Waals surface area (Å²) in [4.78, 5) is 4.34. The van der Waals surface area contributed by atoms with Crippen LogP contribution >= 0.6 is 38.7 Å². The fourth-order valence-electron chi connectivity index (χ4n) is 0.989. The van der Waals surface area contributed by atoms with Crippen LogP contribution in [0.2, 0.25) is 0 Å². The van der Waals surface area contributed by atoms with Gasteiger partial charge in [-0.15, -0.1) is 0 Å². The van der Waals surface area contributed by atoms with Crippen molar-refractivity contribution in [2.75, 3.05) is 6.54 Å². The Morgan fingerprint density at radius 1 is 1.73 bits per heavy atom. The van der Waals surface area contributed by atoms with Crippen molar-refractivity contribution in [2.24, 2.45) is 4.99 Å². The van der Waals surface area contributed by atoms with Gasteiger partial charge in [-0.2, -0.15) is 0 Å². The van der Waals surface area contributed by atoms with Crippen LogP contribution in [0.1, 0.15) is 0 Å². The van der Waals surface area contributed by atoms with E-state index in [2.05, 4.69) is 55.1 Å². The maximum absolute atomic E-state index is 4.34. The molecule has 2 aliphatic rings. The molecule has 11 heavy (non-hydrogen) atoms. The zero-order valence-electron chi connectivity index (χ0n) is 5.51. The summed E-state index contributed by atoms with van der Waals surface area (Å²) in [5.74, 6) is 0.969. The van der Waals surface area contributed by atoms with E-state index in [0.717, 1.165) is 21.8 Å². The summed E-state index contributed by atoms with van der Waals surface area (Å²) in [5.41, 5.74) is 1.09. The summed E-state index contributed by atoms with van der Waals surface area (Å²) in [6.45, 7) is 0.874. The molecule has 0 radical (unpaired) electrons. The predicted molar refractivity (Wildman–Crippen MR) is 56.4 cm³/mol. The normalized spacial score (nSPS) is 21.6. The number of nitrogens with one attached hydrogen (secondary N) is 1. The average Bonchev–Trinajstić information content (AvgIpc) is 2.33. The van der Waals surface area contributed by atoms with Crippen LogP contribution in [-0.4, -0.2) is 16.3 Å². The van der Waals surface area contributed by atoms with E-state index >= 15 is 0 Å². The Labute approximate surface area is 86.7 Å².